The van der Waals surface area contributed by atoms with E-state index in [1.165, 1.54) is 18.4 Å². The Morgan fingerprint density at radius 3 is 2.44 bits per heavy atom. The van der Waals surface area contributed by atoms with Crippen molar-refractivity contribution in [2.45, 2.75) is 33.1 Å². The highest BCUT2D eigenvalue weighted by Gasteiger charge is 2.00. The van der Waals surface area contributed by atoms with E-state index in [4.69, 9.17) is 0 Å². The van der Waals surface area contributed by atoms with Crippen molar-refractivity contribution in [1.82, 2.24) is 4.57 Å². The average molecular weight is 241 g/mol. The van der Waals surface area contributed by atoms with Crippen molar-refractivity contribution in [2.24, 2.45) is 0 Å². The molecule has 1 aromatic heterocycles. The summed E-state index contributed by atoms with van der Waals surface area (Å²) in [5, 5.41) is 0. The van der Waals surface area contributed by atoms with Crippen molar-refractivity contribution < 1.29 is 0 Å². The number of aromatic nitrogens is 1. The molecule has 0 atom stereocenters. The number of aryl methyl sites for hydroxylation is 2. The molecule has 18 heavy (non-hydrogen) atoms. The van der Waals surface area contributed by atoms with Gasteiger partial charge in [0, 0.05) is 18.0 Å². The fraction of sp³-hybridized carbons (Fsp3) is 0.312. The first-order chi connectivity index (χ1) is 8.70. The molecule has 0 radical (unpaired) electrons. The number of hydrogen-bond acceptors (Lipinski definition) is 1. The standard InChI is InChI=1S/C16H19NO/c1-3-4-5-14-7-9-15(10-8-14)17-12-13(2)6-11-16(17)18/h6-12H,3-5H2,1-2H3. The van der Waals surface area contributed by atoms with Gasteiger partial charge in [-0.15, -0.1) is 0 Å². The van der Waals surface area contributed by atoms with Gasteiger partial charge in [-0.1, -0.05) is 31.5 Å². The van der Waals surface area contributed by atoms with Gasteiger partial charge in [-0.2, -0.15) is 0 Å². The fourth-order valence-electron chi connectivity index (χ4n) is 2.00. The van der Waals surface area contributed by atoms with Crippen molar-refractivity contribution >= 4 is 0 Å². The Kier molecular flexibility index (Phi) is 3.98. The van der Waals surface area contributed by atoms with Gasteiger partial charge in [0.1, 0.15) is 0 Å². The van der Waals surface area contributed by atoms with Gasteiger partial charge in [0.25, 0.3) is 5.56 Å². The minimum atomic E-state index is 0.0157. The largest absolute Gasteiger partial charge is 0.284 e. The quantitative estimate of drug-likeness (QED) is 0.803. The van der Waals surface area contributed by atoms with E-state index in [-0.39, 0.29) is 5.56 Å². The molecule has 0 fully saturated rings. The Hall–Kier alpha value is -1.83. The summed E-state index contributed by atoms with van der Waals surface area (Å²) in [5.74, 6) is 0. The van der Waals surface area contributed by atoms with Crippen LogP contribution in [-0.2, 0) is 6.42 Å². The monoisotopic (exact) mass is 241 g/mol. The molecule has 0 aliphatic carbocycles. The van der Waals surface area contributed by atoms with Crippen LogP contribution < -0.4 is 5.56 Å². The number of pyridine rings is 1. The van der Waals surface area contributed by atoms with E-state index in [1.807, 2.05) is 31.3 Å². The molecular formula is C16H19NO. The SMILES string of the molecule is CCCCc1ccc(-n2cc(C)ccc2=O)cc1. The first kappa shape index (κ1) is 12.6. The molecule has 0 aliphatic rings. The molecule has 0 saturated carbocycles. The zero-order valence-electron chi connectivity index (χ0n) is 11.0. The van der Waals surface area contributed by atoms with Crippen LogP contribution in [-0.4, -0.2) is 4.57 Å². The van der Waals surface area contributed by atoms with E-state index in [0.29, 0.717) is 0 Å². The number of nitrogens with zero attached hydrogens (tertiary/aromatic N) is 1. The van der Waals surface area contributed by atoms with E-state index in [1.54, 1.807) is 10.6 Å². The van der Waals surface area contributed by atoms with Crippen LogP contribution >= 0.6 is 0 Å². The lowest BCUT2D eigenvalue weighted by molar-refractivity contribution is 0.794. The van der Waals surface area contributed by atoms with E-state index in [0.717, 1.165) is 17.7 Å². The second-order valence-corrected chi connectivity index (χ2v) is 4.68. The molecule has 0 unspecified atom stereocenters. The Balaban J connectivity index is 2.28. The minimum Gasteiger partial charge on any atom is -0.284 e. The highest BCUT2D eigenvalue weighted by atomic mass is 16.1. The van der Waals surface area contributed by atoms with Crippen LogP contribution in [0.5, 0.6) is 0 Å². The predicted octanol–water partition coefficient (Wildman–Crippen LogP) is 3.49. The topological polar surface area (TPSA) is 22.0 Å². The van der Waals surface area contributed by atoms with E-state index in [9.17, 15) is 4.79 Å². The maximum atomic E-state index is 11.8. The van der Waals surface area contributed by atoms with Gasteiger partial charge in [0.15, 0.2) is 0 Å². The lowest BCUT2D eigenvalue weighted by atomic mass is 10.1. The second kappa shape index (κ2) is 5.67. The van der Waals surface area contributed by atoms with Gasteiger partial charge in [-0.3, -0.25) is 9.36 Å². The maximum Gasteiger partial charge on any atom is 0.255 e. The van der Waals surface area contributed by atoms with Gasteiger partial charge in [0.2, 0.25) is 0 Å². The Bertz CT molecular complexity index is 566. The van der Waals surface area contributed by atoms with Crippen LogP contribution in [0.3, 0.4) is 0 Å². The molecule has 1 heterocycles. The van der Waals surface area contributed by atoms with Gasteiger partial charge in [-0.05, 0) is 43.0 Å². The Morgan fingerprint density at radius 1 is 1.06 bits per heavy atom. The highest BCUT2D eigenvalue weighted by molar-refractivity contribution is 5.35. The molecule has 2 aromatic rings. The Morgan fingerprint density at radius 2 is 1.78 bits per heavy atom. The summed E-state index contributed by atoms with van der Waals surface area (Å²) < 4.78 is 1.69. The van der Waals surface area contributed by atoms with Crippen molar-refractivity contribution in [3.63, 3.8) is 0 Å². The maximum absolute atomic E-state index is 11.8. The molecule has 0 N–H and O–H groups in total. The summed E-state index contributed by atoms with van der Waals surface area (Å²) in [6.45, 7) is 4.19. The third-order valence-corrected chi connectivity index (χ3v) is 3.09. The summed E-state index contributed by atoms with van der Waals surface area (Å²) in [6, 6.07) is 11.7. The average Bonchev–Trinajstić information content (AvgIpc) is 2.40. The van der Waals surface area contributed by atoms with Gasteiger partial charge >= 0.3 is 0 Å². The molecule has 0 spiro atoms. The summed E-state index contributed by atoms with van der Waals surface area (Å²) >= 11 is 0. The van der Waals surface area contributed by atoms with Crippen LogP contribution in [0.15, 0.2) is 47.4 Å². The molecule has 0 bridgehead atoms. The highest BCUT2D eigenvalue weighted by Crippen LogP contribution is 2.10. The molecule has 2 nitrogen and oxygen atoms in total. The van der Waals surface area contributed by atoms with Gasteiger partial charge in [0.05, 0.1) is 0 Å². The van der Waals surface area contributed by atoms with E-state index in [2.05, 4.69) is 19.1 Å². The molecular weight excluding hydrogens is 222 g/mol. The lowest BCUT2D eigenvalue weighted by Crippen LogP contribution is -2.16. The van der Waals surface area contributed by atoms with E-state index < -0.39 is 0 Å². The predicted molar refractivity (Wildman–Crippen MR) is 75.4 cm³/mol. The van der Waals surface area contributed by atoms with Crippen molar-refractivity contribution in [3.05, 3.63) is 64.1 Å². The summed E-state index contributed by atoms with van der Waals surface area (Å²) in [5.41, 5.74) is 3.37. The molecule has 1 aromatic carbocycles. The third kappa shape index (κ3) is 2.89. The normalized spacial score (nSPS) is 10.6. The van der Waals surface area contributed by atoms with Gasteiger partial charge in [-0.25, -0.2) is 0 Å². The second-order valence-electron chi connectivity index (χ2n) is 4.68. The molecule has 2 rings (SSSR count). The third-order valence-electron chi connectivity index (χ3n) is 3.09. The zero-order chi connectivity index (χ0) is 13.0. The summed E-state index contributed by atoms with van der Waals surface area (Å²) in [7, 11) is 0. The zero-order valence-corrected chi connectivity index (χ0v) is 11.0. The van der Waals surface area contributed by atoms with Crippen molar-refractivity contribution in [2.75, 3.05) is 0 Å². The number of hydrogen-bond donors (Lipinski definition) is 0. The van der Waals surface area contributed by atoms with Crippen LogP contribution in [0.25, 0.3) is 5.69 Å². The lowest BCUT2D eigenvalue weighted by Gasteiger charge is -2.07. The van der Waals surface area contributed by atoms with Crippen LogP contribution in [0.2, 0.25) is 0 Å². The minimum absolute atomic E-state index is 0.0157. The van der Waals surface area contributed by atoms with Crippen LogP contribution in [0, 0.1) is 6.92 Å². The van der Waals surface area contributed by atoms with Crippen LogP contribution in [0.1, 0.15) is 30.9 Å². The molecule has 2 heteroatoms. The fourth-order valence-corrected chi connectivity index (χ4v) is 2.00. The molecule has 0 saturated heterocycles. The Labute approximate surface area is 108 Å². The first-order valence-corrected chi connectivity index (χ1v) is 6.49. The molecule has 0 aliphatic heterocycles. The van der Waals surface area contributed by atoms with Crippen molar-refractivity contribution in [1.29, 1.82) is 0 Å². The first-order valence-electron chi connectivity index (χ1n) is 6.49. The van der Waals surface area contributed by atoms with Crippen LogP contribution in [0.4, 0.5) is 0 Å². The number of rotatable bonds is 4. The summed E-state index contributed by atoms with van der Waals surface area (Å²) in [4.78, 5) is 11.8. The molecule has 94 valence electrons. The van der Waals surface area contributed by atoms with Gasteiger partial charge < -0.3 is 0 Å². The number of benzene rings is 1. The van der Waals surface area contributed by atoms with Crippen molar-refractivity contribution in [3.8, 4) is 5.69 Å². The van der Waals surface area contributed by atoms with E-state index >= 15 is 0 Å². The smallest absolute Gasteiger partial charge is 0.255 e. The molecule has 0 amide bonds. The summed E-state index contributed by atoms with van der Waals surface area (Å²) in [6.07, 6.45) is 5.41. The number of unbranched alkanes of at least 4 members (excludes halogenated alkanes) is 1.